The van der Waals surface area contributed by atoms with Crippen molar-refractivity contribution in [1.29, 1.82) is 0 Å². The Labute approximate surface area is 100 Å². The zero-order valence-corrected chi connectivity index (χ0v) is 9.97. The Morgan fingerprint density at radius 1 is 1.35 bits per heavy atom. The molecule has 1 aromatic rings. The van der Waals surface area contributed by atoms with Gasteiger partial charge in [-0.05, 0) is 31.2 Å². The van der Waals surface area contributed by atoms with Gasteiger partial charge in [-0.15, -0.1) is 0 Å². The first-order chi connectivity index (χ1) is 8.17. The Bertz CT molecular complexity index is 350. The van der Waals surface area contributed by atoms with Crippen LogP contribution in [-0.4, -0.2) is 37.4 Å². The topological polar surface area (TPSA) is 67.8 Å². The summed E-state index contributed by atoms with van der Waals surface area (Å²) >= 11 is 0. The molecule has 0 bridgehead atoms. The number of aliphatic hydroxyl groups is 1. The molecule has 1 atom stereocenters. The van der Waals surface area contributed by atoms with Crippen molar-refractivity contribution in [1.82, 2.24) is 5.32 Å². The summed E-state index contributed by atoms with van der Waals surface area (Å²) in [5, 5.41) is 11.1. The van der Waals surface area contributed by atoms with Gasteiger partial charge in [0.2, 0.25) is 0 Å². The van der Waals surface area contributed by atoms with Gasteiger partial charge in [-0.2, -0.15) is 0 Å². The lowest BCUT2D eigenvalue weighted by Gasteiger charge is -2.14. The van der Waals surface area contributed by atoms with Crippen molar-refractivity contribution < 1.29 is 19.4 Å². The summed E-state index contributed by atoms with van der Waals surface area (Å²) in [6.45, 7) is 1.80. The minimum atomic E-state index is -0.602. The zero-order chi connectivity index (χ0) is 12.7. The highest BCUT2D eigenvalue weighted by atomic mass is 16.5. The third kappa shape index (κ3) is 4.32. The van der Waals surface area contributed by atoms with Crippen LogP contribution in [0, 0.1) is 0 Å². The molecule has 0 saturated heterocycles. The maximum absolute atomic E-state index is 11.5. The van der Waals surface area contributed by atoms with Gasteiger partial charge in [-0.25, -0.2) is 0 Å². The molecule has 17 heavy (non-hydrogen) atoms. The molecule has 1 unspecified atom stereocenters. The number of hydrogen-bond donors (Lipinski definition) is 2. The van der Waals surface area contributed by atoms with Crippen molar-refractivity contribution in [2.24, 2.45) is 0 Å². The molecule has 0 fully saturated rings. The molecule has 2 N–H and O–H groups in total. The van der Waals surface area contributed by atoms with E-state index in [9.17, 15) is 4.79 Å². The fourth-order valence-electron chi connectivity index (χ4n) is 1.23. The SMILES string of the molecule is COc1ccc(OC(C)C(=O)NCCO)cc1. The summed E-state index contributed by atoms with van der Waals surface area (Å²) in [6.07, 6.45) is -0.602. The van der Waals surface area contributed by atoms with Gasteiger partial charge in [0.25, 0.3) is 5.91 Å². The summed E-state index contributed by atoms with van der Waals surface area (Å²) in [4.78, 5) is 11.5. The van der Waals surface area contributed by atoms with Crippen LogP contribution in [0.5, 0.6) is 11.5 Å². The van der Waals surface area contributed by atoms with E-state index in [1.807, 2.05) is 0 Å². The Kier molecular flexibility index (Phi) is 5.29. The van der Waals surface area contributed by atoms with Crippen molar-refractivity contribution in [2.45, 2.75) is 13.0 Å². The molecule has 0 aliphatic rings. The average molecular weight is 239 g/mol. The number of carbonyl (C=O) groups is 1. The fourth-order valence-corrected chi connectivity index (χ4v) is 1.23. The number of rotatable bonds is 6. The minimum Gasteiger partial charge on any atom is -0.497 e. The van der Waals surface area contributed by atoms with Gasteiger partial charge < -0.3 is 19.9 Å². The summed E-state index contributed by atoms with van der Waals surface area (Å²) in [7, 11) is 1.58. The molecule has 1 amide bonds. The highest BCUT2D eigenvalue weighted by Crippen LogP contribution is 2.18. The molecule has 0 radical (unpaired) electrons. The molecule has 5 nitrogen and oxygen atoms in total. The third-order valence-corrected chi connectivity index (χ3v) is 2.15. The van der Waals surface area contributed by atoms with E-state index in [2.05, 4.69) is 5.32 Å². The molecular formula is C12H17NO4. The van der Waals surface area contributed by atoms with Crippen molar-refractivity contribution >= 4 is 5.91 Å². The summed E-state index contributed by atoms with van der Waals surface area (Å²) < 4.78 is 10.4. The largest absolute Gasteiger partial charge is 0.497 e. The van der Waals surface area contributed by atoms with E-state index in [0.29, 0.717) is 5.75 Å². The normalized spacial score (nSPS) is 11.7. The van der Waals surface area contributed by atoms with Crippen molar-refractivity contribution in [3.05, 3.63) is 24.3 Å². The number of hydrogen-bond acceptors (Lipinski definition) is 4. The lowest BCUT2D eigenvalue weighted by molar-refractivity contribution is -0.127. The lowest BCUT2D eigenvalue weighted by Crippen LogP contribution is -2.37. The Hall–Kier alpha value is -1.75. The second-order valence-electron chi connectivity index (χ2n) is 3.45. The van der Waals surface area contributed by atoms with Crippen molar-refractivity contribution in [3.63, 3.8) is 0 Å². The molecule has 5 heteroatoms. The monoisotopic (exact) mass is 239 g/mol. The van der Waals surface area contributed by atoms with Gasteiger partial charge in [-0.1, -0.05) is 0 Å². The summed E-state index contributed by atoms with van der Waals surface area (Å²) in [5.74, 6) is 1.07. The van der Waals surface area contributed by atoms with Crippen LogP contribution in [0.4, 0.5) is 0 Å². The second kappa shape index (κ2) is 6.75. The Balaban J connectivity index is 2.49. The number of aliphatic hydroxyl groups excluding tert-OH is 1. The quantitative estimate of drug-likeness (QED) is 0.761. The number of carbonyl (C=O) groups excluding carboxylic acids is 1. The number of methoxy groups -OCH3 is 1. The maximum Gasteiger partial charge on any atom is 0.260 e. The molecule has 1 rings (SSSR count). The first-order valence-electron chi connectivity index (χ1n) is 5.36. The van der Waals surface area contributed by atoms with Gasteiger partial charge in [0.15, 0.2) is 6.10 Å². The van der Waals surface area contributed by atoms with Crippen LogP contribution in [0.15, 0.2) is 24.3 Å². The van der Waals surface area contributed by atoms with Crippen LogP contribution in [0.3, 0.4) is 0 Å². The Morgan fingerprint density at radius 2 is 1.94 bits per heavy atom. The smallest absolute Gasteiger partial charge is 0.260 e. The van der Waals surface area contributed by atoms with Gasteiger partial charge in [0.05, 0.1) is 13.7 Å². The molecule has 1 aromatic carbocycles. The maximum atomic E-state index is 11.5. The van der Waals surface area contributed by atoms with E-state index in [0.717, 1.165) is 5.75 Å². The predicted octanol–water partition coefficient (Wildman–Crippen LogP) is 0.571. The molecule has 0 heterocycles. The molecule has 0 spiro atoms. The van der Waals surface area contributed by atoms with Crippen molar-refractivity contribution in [2.75, 3.05) is 20.3 Å². The molecule has 0 aliphatic carbocycles. The molecule has 0 aromatic heterocycles. The fraction of sp³-hybridized carbons (Fsp3) is 0.417. The first kappa shape index (κ1) is 13.3. The van der Waals surface area contributed by atoms with Crippen molar-refractivity contribution in [3.8, 4) is 11.5 Å². The molecular weight excluding hydrogens is 222 g/mol. The zero-order valence-electron chi connectivity index (χ0n) is 9.97. The third-order valence-electron chi connectivity index (χ3n) is 2.15. The van der Waals surface area contributed by atoms with E-state index in [-0.39, 0.29) is 19.1 Å². The van der Waals surface area contributed by atoms with Gasteiger partial charge >= 0.3 is 0 Å². The molecule has 94 valence electrons. The Morgan fingerprint density at radius 3 is 2.47 bits per heavy atom. The number of nitrogens with one attached hydrogen (secondary N) is 1. The van der Waals surface area contributed by atoms with Crippen LogP contribution < -0.4 is 14.8 Å². The standard InChI is InChI=1S/C12H17NO4/c1-9(12(15)13-7-8-14)17-11-5-3-10(16-2)4-6-11/h3-6,9,14H,7-8H2,1-2H3,(H,13,15). The summed E-state index contributed by atoms with van der Waals surface area (Å²) in [5.41, 5.74) is 0. The lowest BCUT2D eigenvalue weighted by atomic mass is 10.3. The highest BCUT2D eigenvalue weighted by Gasteiger charge is 2.13. The van der Waals surface area contributed by atoms with E-state index in [1.54, 1.807) is 38.3 Å². The second-order valence-corrected chi connectivity index (χ2v) is 3.45. The average Bonchev–Trinajstić information content (AvgIpc) is 2.36. The van der Waals surface area contributed by atoms with Crippen LogP contribution >= 0.6 is 0 Å². The van der Waals surface area contributed by atoms with E-state index >= 15 is 0 Å². The van der Waals surface area contributed by atoms with Crippen LogP contribution in [0.2, 0.25) is 0 Å². The first-order valence-corrected chi connectivity index (χ1v) is 5.36. The number of amides is 1. The highest BCUT2D eigenvalue weighted by molar-refractivity contribution is 5.80. The van der Waals surface area contributed by atoms with Gasteiger partial charge in [0.1, 0.15) is 11.5 Å². The van der Waals surface area contributed by atoms with E-state index in [1.165, 1.54) is 0 Å². The van der Waals surface area contributed by atoms with Crippen LogP contribution in [0.1, 0.15) is 6.92 Å². The summed E-state index contributed by atoms with van der Waals surface area (Å²) in [6, 6.07) is 6.98. The van der Waals surface area contributed by atoms with E-state index < -0.39 is 6.10 Å². The minimum absolute atomic E-state index is 0.0823. The van der Waals surface area contributed by atoms with Gasteiger partial charge in [-0.3, -0.25) is 4.79 Å². The molecule has 0 saturated carbocycles. The van der Waals surface area contributed by atoms with Gasteiger partial charge in [0, 0.05) is 6.54 Å². The van der Waals surface area contributed by atoms with Crippen LogP contribution in [-0.2, 0) is 4.79 Å². The van der Waals surface area contributed by atoms with E-state index in [4.69, 9.17) is 14.6 Å². The molecule has 0 aliphatic heterocycles. The predicted molar refractivity (Wildman–Crippen MR) is 63.2 cm³/mol. The number of ether oxygens (including phenoxy) is 2. The van der Waals surface area contributed by atoms with Crippen LogP contribution in [0.25, 0.3) is 0 Å². The number of benzene rings is 1.